The molecule has 2 rings (SSSR count). The third kappa shape index (κ3) is 3.31. The van der Waals surface area contributed by atoms with E-state index in [0.29, 0.717) is 5.95 Å². The average Bonchev–Trinajstić information content (AvgIpc) is 2.81. The zero-order valence-corrected chi connectivity index (χ0v) is 11.5. The third-order valence-electron chi connectivity index (χ3n) is 2.37. The Bertz CT molecular complexity index is 568. The molecule has 0 bridgehead atoms. The van der Waals surface area contributed by atoms with Gasteiger partial charge in [0.1, 0.15) is 5.03 Å². The van der Waals surface area contributed by atoms with Gasteiger partial charge in [0.2, 0.25) is 0 Å². The summed E-state index contributed by atoms with van der Waals surface area (Å²) >= 11 is 1.21. The summed E-state index contributed by atoms with van der Waals surface area (Å²) in [5.74, 6) is -0.176. The van der Waals surface area contributed by atoms with Crippen LogP contribution in [0.1, 0.15) is 25.5 Å². The quantitative estimate of drug-likeness (QED) is 0.842. The molecule has 0 spiro atoms. The second kappa shape index (κ2) is 5.83. The van der Waals surface area contributed by atoms with Gasteiger partial charge in [-0.15, -0.1) is 0 Å². The van der Waals surface area contributed by atoms with Gasteiger partial charge in [-0.3, -0.25) is 4.79 Å². The molecule has 0 aliphatic carbocycles. The van der Waals surface area contributed by atoms with Crippen molar-refractivity contribution in [3.63, 3.8) is 0 Å². The van der Waals surface area contributed by atoms with Crippen molar-refractivity contribution in [1.29, 1.82) is 0 Å². The van der Waals surface area contributed by atoms with Crippen LogP contribution in [0.25, 0.3) is 5.95 Å². The molecule has 0 saturated heterocycles. The molecule has 0 atom stereocenters. The molecule has 100 valence electrons. The van der Waals surface area contributed by atoms with Crippen LogP contribution in [0.2, 0.25) is 0 Å². The topological polar surface area (TPSA) is 80.9 Å². The summed E-state index contributed by atoms with van der Waals surface area (Å²) in [4.78, 5) is 19.0. The van der Waals surface area contributed by atoms with E-state index in [1.807, 2.05) is 19.9 Å². The van der Waals surface area contributed by atoms with Crippen LogP contribution in [0, 0.1) is 0 Å². The summed E-state index contributed by atoms with van der Waals surface area (Å²) in [6.45, 7) is 4.06. The van der Waals surface area contributed by atoms with E-state index in [9.17, 15) is 4.79 Å². The molecular weight excluding hydrogens is 264 g/mol. The molecule has 6 nitrogen and oxygen atoms in total. The number of hydrogen-bond acceptors (Lipinski definition) is 5. The highest BCUT2D eigenvalue weighted by atomic mass is 32.2. The molecule has 0 fully saturated rings. The summed E-state index contributed by atoms with van der Waals surface area (Å²) in [6.07, 6.45) is 3.26. The summed E-state index contributed by atoms with van der Waals surface area (Å²) in [6, 6.07) is 3.61. The molecule has 0 aliphatic rings. The normalized spacial score (nSPS) is 10.9. The minimum atomic E-state index is -0.863. The van der Waals surface area contributed by atoms with Crippen molar-refractivity contribution < 1.29 is 9.90 Å². The minimum absolute atomic E-state index is 0.0178. The molecule has 0 aromatic carbocycles. The van der Waals surface area contributed by atoms with Crippen LogP contribution in [0.5, 0.6) is 0 Å². The molecule has 0 unspecified atom stereocenters. The van der Waals surface area contributed by atoms with Gasteiger partial charge >= 0.3 is 5.97 Å². The summed E-state index contributed by atoms with van der Waals surface area (Å²) in [5, 5.41) is 13.9. The summed E-state index contributed by atoms with van der Waals surface area (Å²) in [7, 11) is 0. The molecule has 7 heteroatoms. The number of carboxylic acid groups (broad SMARTS) is 1. The molecular formula is C12H14N4O2S. The third-order valence-corrected chi connectivity index (χ3v) is 3.35. The lowest BCUT2D eigenvalue weighted by molar-refractivity contribution is -0.133. The Morgan fingerprint density at radius 3 is 2.68 bits per heavy atom. The van der Waals surface area contributed by atoms with Crippen molar-refractivity contribution in [3.8, 4) is 5.95 Å². The lowest BCUT2D eigenvalue weighted by Gasteiger charge is -2.03. The summed E-state index contributed by atoms with van der Waals surface area (Å²) in [5.41, 5.74) is 0.889. The van der Waals surface area contributed by atoms with Crippen LogP contribution >= 0.6 is 11.8 Å². The fourth-order valence-electron chi connectivity index (χ4n) is 1.45. The van der Waals surface area contributed by atoms with Gasteiger partial charge in [-0.25, -0.2) is 9.97 Å². The van der Waals surface area contributed by atoms with Gasteiger partial charge in [-0.2, -0.15) is 9.78 Å². The zero-order valence-electron chi connectivity index (χ0n) is 10.6. The fourth-order valence-corrected chi connectivity index (χ4v) is 2.17. The van der Waals surface area contributed by atoms with Gasteiger partial charge in [-0.05, 0) is 18.1 Å². The number of thioether (sulfide) groups is 1. The molecule has 2 aromatic heterocycles. The van der Waals surface area contributed by atoms with Gasteiger partial charge < -0.3 is 5.11 Å². The van der Waals surface area contributed by atoms with Crippen molar-refractivity contribution in [3.05, 3.63) is 30.2 Å². The maximum atomic E-state index is 10.7. The van der Waals surface area contributed by atoms with E-state index in [2.05, 4.69) is 15.1 Å². The lowest BCUT2D eigenvalue weighted by atomic mass is 10.1. The highest BCUT2D eigenvalue weighted by molar-refractivity contribution is 7.99. The number of carbonyl (C=O) groups is 1. The Morgan fingerprint density at radius 2 is 2.11 bits per heavy atom. The minimum Gasteiger partial charge on any atom is -0.481 e. The molecule has 19 heavy (non-hydrogen) atoms. The largest absolute Gasteiger partial charge is 0.481 e. The Balaban J connectivity index is 2.37. The predicted octanol–water partition coefficient (Wildman–Crippen LogP) is 1.96. The monoisotopic (exact) mass is 278 g/mol. The molecule has 2 heterocycles. The van der Waals surface area contributed by atoms with Crippen LogP contribution < -0.4 is 0 Å². The van der Waals surface area contributed by atoms with Crippen LogP contribution in [-0.4, -0.2) is 36.6 Å². The number of carboxylic acids is 1. The number of hydrogen-bond donors (Lipinski definition) is 1. The standard InChI is InChI=1S/C12H14N4O2S/c1-8(2)9-6-10(19-7-11(17)18)16(15-9)12-13-4-3-5-14-12/h3-6,8H,7H2,1-2H3,(H,17,18). The Morgan fingerprint density at radius 1 is 1.42 bits per heavy atom. The van der Waals surface area contributed by atoms with Gasteiger partial charge in [0.15, 0.2) is 0 Å². The van der Waals surface area contributed by atoms with E-state index in [1.54, 1.807) is 23.1 Å². The highest BCUT2D eigenvalue weighted by Crippen LogP contribution is 2.24. The first-order valence-electron chi connectivity index (χ1n) is 5.80. The van der Waals surface area contributed by atoms with Crippen molar-refractivity contribution >= 4 is 17.7 Å². The van der Waals surface area contributed by atoms with E-state index in [0.717, 1.165) is 10.7 Å². The number of nitrogens with zero attached hydrogens (tertiary/aromatic N) is 4. The Labute approximate surface area is 114 Å². The van der Waals surface area contributed by atoms with Crippen LogP contribution in [-0.2, 0) is 4.79 Å². The van der Waals surface area contributed by atoms with E-state index < -0.39 is 5.97 Å². The van der Waals surface area contributed by atoms with Gasteiger partial charge in [0, 0.05) is 12.4 Å². The van der Waals surface area contributed by atoms with Crippen LogP contribution in [0.15, 0.2) is 29.6 Å². The second-order valence-corrected chi connectivity index (χ2v) is 5.20. The molecule has 2 aromatic rings. The van der Waals surface area contributed by atoms with Gasteiger partial charge in [0.25, 0.3) is 5.95 Å². The van der Waals surface area contributed by atoms with E-state index >= 15 is 0 Å². The van der Waals surface area contributed by atoms with Gasteiger partial charge in [0.05, 0.1) is 11.4 Å². The Hall–Kier alpha value is -1.89. The van der Waals surface area contributed by atoms with Crippen molar-refractivity contribution in [2.75, 3.05) is 5.75 Å². The van der Waals surface area contributed by atoms with Crippen molar-refractivity contribution in [2.24, 2.45) is 0 Å². The maximum Gasteiger partial charge on any atom is 0.313 e. The van der Waals surface area contributed by atoms with Crippen molar-refractivity contribution in [2.45, 2.75) is 24.8 Å². The van der Waals surface area contributed by atoms with Gasteiger partial charge in [-0.1, -0.05) is 25.6 Å². The predicted molar refractivity (Wildman–Crippen MR) is 71.6 cm³/mol. The van der Waals surface area contributed by atoms with E-state index in [-0.39, 0.29) is 11.7 Å². The average molecular weight is 278 g/mol. The first-order valence-corrected chi connectivity index (χ1v) is 6.78. The second-order valence-electron chi connectivity index (χ2n) is 4.21. The molecule has 0 aliphatic heterocycles. The maximum absolute atomic E-state index is 10.7. The summed E-state index contributed by atoms with van der Waals surface area (Å²) < 4.78 is 1.59. The SMILES string of the molecule is CC(C)c1cc(SCC(=O)O)n(-c2ncccn2)n1. The smallest absolute Gasteiger partial charge is 0.313 e. The zero-order chi connectivity index (χ0) is 13.8. The van der Waals surface area contributed by atoms with E-state index in [4.69, 9.17) is 5.11 Å². The number of rotatable bonds is 5. The Kier molecular flexibility index (Phi) is 4.16. The lowest BCUT2D eigenvalue weighted by Crippen LogP contribution is -2.05. The van der Waals surface area contributed by atoms with E-state index in [1.165, 1.54) is 11.8 Å². The molecule has 0 saturated carbocycles. The fraction of sp³-hybridized carbons (Fsp3) is 0.333. The molecule has 1 N–H and O–H groups in total. The highest BCUT2D eigenvalue weighted by Gasteiger charge is 2.15. The van der Waals surface area contributed by atoms with Crippen LogP contribution in [0.3, 0.4) is 0 Å². The van der Waals surface area contributed by atoms with Crippen molar-refractivity contribution in [1.82, 2.24) is 19.7 Å². The number of aromatic nitrogens is 4. The van der Waals surface area contributed by atoms with Crippen LogP contribution in [0.4, 0.5) is 0 Å². The molecule has 0 amide bonds. The number of aliphatic carboxylic acids is 1. The first kappa shape index (κ1) is 13.5. The molecule has 0 radical (unpaired) electrons. The first-order chi connectivity index (χ1) is 9.08.